The van der Waals surface area contributed by atoms with Gasteiger partial charge in [-0.15, -0.1) is 0 Å². The predicted molar refractivity (Wildman–Crippen MR) is 128 cm³/mol. The van der Waals surface area contributed by atoms with E-state index in [-0.39, 0.29) is 11.3 Å². The summed E-state index contributed by atoms with van der Waals surface area (Å²) in [5.74, 6) is -0.279. The van der Waals surface area contributed by atoms with Gasteiger partial charge in [0.25, 0.3) is 11.8 Å². The first-order chi connectivity index (χ1) is 15.4. The number of carbonyl (C=O) groups is 2. The molecule has 0 radical (unpaired) electrons. The van der Waals surface area contributed by atoms with Gasteiger partial charge in [-0.1, -0.05) is 42.5 Å². The second-order valence-corrected chi connectivity index (χ2v) is 7.75. The van der Waals surface area contributed by atoms with Crippen molar-refractivity contribution in [2.45, 2.75) is 6.92 Å². The number of imide groups is 1. The fourth-order valence-corrected chi connectivity index (χ4v) is 3.74. The zero-order chi connectivity index (χ0) is 22.8. The Labute approximate surface area is 187 Å². The number of ether oxygens (including phenoxy) is 1. The van der Waals surface area contributed by atoms with E-state index in [4.69, 9.17) is 4.74 Å². The summed E-state index contributed by atoms with van der Waals surface area (Å²) in [5.41, 5.74) is 4.21. The van der Waals surface area contributed by atoms with E-state index in [9.17, 15) is 9.59 Å². The number of hydrogen-bond acceptors (Lipinski definition) is 5. The van der Waals surface area contributed by atoms with Gasteiger partial charge >= 0.3 is 0 Å². The summed E-state index contributed by atoms with van der Waals surface area (Å²) in [7, 11) is 5.38. The molecule has 6 heteroatoms. The molecular weight excluding hydrogens is 402 g/mol. The molecule has 0 saturated heterocycles. The van der Waals surface area contributed by atoms with Crippen LogP contribution in [0, 0.1) is 6.92 Å². The van der Waals surface area contributed by atoms with Crippen LogP contribution in [0.5, 0.6) is 5.75 Å². The topological polar surface area (TPSA) is 61.9 Å². The van der Waals surface area contributed by atoms with Crippen LogP contribution in [0.3, 0.4) is 0 Å². The molecule has 0 spiro atoms. The molecule has 1 aliphatic rings. The number of carbonyl (C=O) groups excluding carboxylic acids is 2. The van der Waals surface area contributed by atoms with Crippen molar-refractivity contribution >= 4 is 34.4 Å². The molecule has 0 fully saturated rings. The maximum Gasteiger partial charge on any atom is 0.282 e. The van der Waals surface area contributed by atoms with Crippen molar-refractivity contribution in [2.75, 3.05) is 36.3 Å². The maximum absolute atomic E-state index is 13.7. The summed E-state index contributed by atoms with van der Waals surface area (Å²) in [5, 5.41) is 3.23. The smallest absolute Gasteiger partial charge is 0.282 e. The molecule has 0 unspecified atom stereocenters. The third kappa shape index (κ3) is 3.71. The Kier molecular flexibility index (Phi) is 5.69. The SMILES string of the molecule is COc1ccccc1C1=C(Nc2ccccc2C)C(=O)N(c2cccc(N(C)C)c2)C1=O. The molecular formula is C26H25N3O3. The molecule has 0 saturated carbocycles. The van der Waals surface area contributed by atoms with Gasteiger partial charge in [0.05, 0.1) is 18.4 Å². The van der Waals surface area contributed by atoms with Crippen LogP contribution in [0.2, 0.25) is 0 Å². The summed E-state index contributed by atoms with van der Waals surface area (Å²) >= 11 is 0. The first-order valence-corrected chi connectivity index (χ1v) is 10.3. The zero-order valence-corrected chi connectivity index (χ0v) is 18.5. The van der Waals surface area contributed by atoms with E-state index in [1.54, 1.807) is 25.3 Å². The summed E-state index contributed by atoms with van der Waals surface area (Å²) in [6, 6.07) is 22.2. The third-order valence-electron chi connectivity index (χ3n) is 5.47. The lowest BCUT2D eigenvalue weighted by atomic mass is 10.0. The van der Waals surface area contributed by atoms with Crippen molar-refractivity contribution in [3.8, 4) is 5.75 Å². The number of anilines is 3. The zero-order valence-electron chi connectivity index (χ0n) is 18.5. The largest absolute Gasteiger partial charge is 0.496 e. The number of rotatable bonds is 6. The molecule has 0 aromatic heterocycles. The molecule has 3 aromatic carbocycles. The first kappa shape index (κ1) is 21.2. The minimum atomic E-state index is -0.407. The van der Waals surface area contributed by atoms with Gasteiger partial charge in [-0.3, -0.25) is 9.59 Å². The highest BCUT2D eigenvalue weighted by atomic mass is 16.5. The van der Waals surface area contributed by atoms with Gasteiger partial charge < -0.3 is 15.0 Å². The summed E-state index contributed by atoms with van der Waals surface area (Å²) in [6.07, 6.45) is 0. The lowest BCUT2D eigenvalue weighted by Crippen LogP contribution is -2.32. The molecule has 1 aliphatic heterocycles. The number of para-hydroxylation sites is 2. The van der Waals surface area contributed by atoms with Crippen LogP contribution in [0.25, 0.3) is 5.57 Å². The molecule has 0 aliphatic carbocycles. The second kappa shape index (κ2) is 8.59. The van der Waals surface area contributed by atoms with E-state index in [0.29, 0.717) is 17.0 Å². The minimum Gasteiger partial charge on any atom is -0.496 e. The van der Waals surface area contributed by atoms with Crippen molar-refractivity contribution in [2.24, 2.45) is 0 Å². The van der Waals surface area contributed by atoms with Gasteiger partial charge in [0.15, 0.2) is 0 Å². The quantitative estimate of drug-likeness (QED) is 0.589. The van der Waals surface area contributed by atoms with Crippen molar-refractivity contribution < 1.29 is 14.3 Å². The molecule has 6 nitrogen and oxygen atoms in total. The number of benzene rings is 3. The molecule has 1 N–H and O–H groups in total. The highest BCUT2D eigenvalue weighted by Gasteiger charge is 2.41. The fraction of sp³-hybridized carbons (Fsp3) is 0.154. The van der Waals surface area contributed by atoms with Crippen LogP contribution in [0.15, 0.2) is 78.5 Å². The van der Waals surface area contributed by atoms with Crippen molar-refractivity contribution in [1.29, 1.82) is 0 Å². The third-order valence-corrected chi connectivity index (χ3v) is 5.47. The van der Waals surface area contributed by atoms with Crippen LogP contribution in [-0.2, 0) is 9.59 Å². The van der Waals surface area contributed by atoms with Gasteiger partial charge in [-0.2, -0.15) is 0 Å². The molecule has 0 atom stereocenters. The monoisotopic (exact) mass is 427 g/mol. The molecule has 3 aromatic rings. The number of nitrogens with one attached hydrogen (secondary N) is 1. The molecule has 0 bridgehead atoms. The van der Waals surface area contributed by atoms with E-state index in [2.05, 4.69) is 5.32 Å². The van der Waals surface area contributed by atoms with E-state index >= 15 is 0 Å². The first-order valence-electron chi connectivity index (χ1n) is 10.3. The van der Waals surface area contributed by atoms with Gasteiger partial charge in [-0.25, -0.2) is 4.90 Å². The second-order valence-electron chi connectivity index (χ2n) is 7.75. The Morgan fingerprint density at radius 1 is 0.875 bits per heavy atom. The number of methoxy groups -OCH3 is 1. The molecule has 4 rings (SSSR count). The Bertz CT molecular complexity index is 1230. The Balaban J connectivity index is 1.87. The normalized spacial score (nSPS) is 13.6. The van der Waals surface area contributed by atoms with Gasteiger partial charge in [0.2, 0.25) is 0 Å². The molecule has 32 heavy (non-hydrogen) atoms. The van der Waals surface area contributed by atoms with Crippen LogP contribution in [0.1, 0.15) is 11.1 Å². The number of amides is 2. The maximum atomic E-state index is 13.7. The highest BCUT2D eigenvalue weighted by Crippen LogP contribution is 2.38. The van der Waals surface area contributed by atoms with E-state index in [1.807, 2.05) is 80.5 Å². The predicted octanol–water partition coefficient (Wildman–Crippen LogP) is 4.47. The number of nitrogens with zero attached hydrogens (tertiary/aromatic N) is 2. The molecule has 2 amide bonds. The average molecular weight is 428 g/mol. The lowest BCUT2D eigenvalue weighted by molar-refractivity contribution is -0.120. The van der Waals surface area contributed by atoms with E-state index < -0.39 is 11.8 Å². The fourth-order valence-electron chi connectivity index (χ4n) is 3.74. The molecule has 1 heterocycles. The Hall–Kier alpha value is -4.06. The summed E-state index contributed by atoms with van der Waals surface area (Å²) in [4.78, 5) is 30.5. The summed E-state index contributed by atoms with van der Waals surface area (Å²) < 4.78 is 5.50. The standard InChI is InChI=1S/C26H25N3O3/c1-17-10-5-7-14-21(17)27-24-23(20-13-6-8-15-22(20)32-4)25(30)29(26(24)31)19-12-9-11-18(16-19)28(2)3/h5-16,27H,1-4H3. The molecule has 162 valence electrons. The number of hydrogen-bond donors (Lipinski definition) is 1. The van der Waals surface area contributed by atoms with Gasteiger partial charge in [0.1, 0.15) is 11.4 Å². The number of aryl methyl sites for hydroxylation is 1. The minimum absolute atomic E-state index is 0.226. The lowest BCUT2D eigenvalue weighted by Gasteiger charge is -2.19. The van der Waals surface area contributed by atoms with Crippen molar-refractivity contribution in [3.05, 3.63) is 89.6 Å². The average Bonchev–Trinajstić information content (AvgIpc) is 3.04. The van der Waals surface area contributed by atoms with Crippen molar-refractivity contribution in [1.82, 2.24) is 0 Å². The Morgan fingerprint density at radius 3 is 2.31 bits per heavy atom. The summed E-state index contributed by atoms with van der Waals surface area (Å²) in [6.45, 7) is 1.95. The highest BCUT2D eigenvalue weighted by molar-refractivity contribution is 6.46. The van der Waals surface area contributed by atoms with Crippen LogP contribution < -0.4 is 19.9 Å². The van der Waals surface area contributed by atoms with Crippen molar-refractivity contribution in [3.63, 3.8) is 0 Å². The van der Waals surface area contributed by atoms with Crippen LogP contribution >= 0.6 is 0 Å². The van der Waals surface area contributed by atoms with Crippen LogP contribution in [-0.4, -0.2) is 33.0 Å². The van der Waals surface area contributed by atoms with Gasteiger partial charge in [0, 0.05) is 31.0 Å². The van der Waals surface area contributed by atoms with E-state index in [0.717, 1.165) is 16.9 Å². The van der Waals surface area contributed by atoms with E-state index in [1.165, 1.54) is 4.90 Å². The Morgan fingerprint density at radius 2 is 1.59 bits per heavy atom. The van der Waals surface area contributed by atoms with Gasteiger partial charge in [-0.05, 0) is 42.8 Å². The van der Waals surface area contributed by atoms with Crippen LogP contribution in [0.4, 0.5) is 17.1 Å².